The van der Waals surface area contributed by atoms with E-state index in [4.69, 9.17) is 11.6 Å². The zero-order chi connectivity index (χ0) is 15.6. The van der Waals surface area contributed by atoms with Crippen molar-refractivity contribution in [1.29, 1.82) is 0 Å². The van der Waals surface area contributed by atoms with Crippen LogP contribution in [0.4, 0.5) is 0 Å². The molecule has 1 fully saturated rings. The van der Waals surface area contributed by atoms with E-state index in [-0.39, 0.29) is 5.54 Å². The van der Waals surface area contributed by atoms with Crippen LogP contribution in [0.5, 0.6) is 0 Å². The molecular formula is C16H29ClN4. The predicted molar refractivity (Wildman–Crippen MR) is 88.8 cm³/mol. The molecule has 1 aliphatic rings. The van der Waals surface area contributed by atoms with E-state index in [1.54, 1.807) is 4.68 Å². The van der Waals surface area contributed by atoms with Crippen molar-refractivity contribution in [3.8, 4) is 0 Å². The molecule has 1 aromatic rings. The first-order chi connectivity index (χ1) is 9.92. The first kappa shape index (κ1) is 16.8. The molecular weight excluding hydrogens is 284 g/mol. The summed E-state index contributed by atoms with van der Waals surface area (Å²) in [4.78, 5) is 2.57. The average molecular weight is 313 g/mol. The lowest BCUT2D eigenvalue weighted by Gasteiger charge is -2.37. The van der Waals surface area contributed by atoms with Gasteiger partial charge in [-0.15, -0.1) is 0 Å². The normalized spacial score (nSPS) is 23.2. The van der Waals surface area contributed by atoms with Crippen LogP contribution in [0, 0.1) is 6.92 Å². The maximum Gasteiger partial charge on any atom is 0.131 e. The highest BCUT2D eigenvalue weighted by Gasteiger charge is 2.33. The zero-order valence-electron chi connectivity index (χ0n) is 14.0. The van der Waals surface area contributed by atoms with Gasteiger partial charge in [-0.05, 0) is 39.7 Å². The fourth-order valence-electron chi connectivity index (χ4n) is 3.32. The van der Waals surface area contributed by atoms with E-state index in [2.05, 4.69) is 43.0 Å². The lowest BCUT2D eigenvalue weighted by molar-refractivity contribution is 0.152. The molecule has 0 aromatic carbocycles. The van der Waals surface area contributed by atoms with Crippen LogP contribution in [-0.4, -0.2) is 39.4 Å². The second-order valence-electron chi connectivity index (χ2n) is 6.44. The van der Waals surface area contributed by atoms with Gasteiger partial charge in [0.15, 0.2) is 0 Å². The van der Waals surface area contributed by atoms with Crippen molar-refractivity contribution in [2.75, 3.05) is 13.1 Å². The Kier molecular flexibility index (Phi) is 5.33. The summed E-state index contributed by atoms with van der Waals surface area (Å²) < 4.78 is 1.78. The third-order valence-electron chi connectivity index (χ3n) is 5.18. The minimum Gasteiger partial charge on any atom is -0.310 e. The molecule has 21 heavy (non-hydrogen) atoms. The van der Waals surface area contributed by atoms with Gasteiger partial charge >= 0.3 is 0 Å². The van der Waals surface area contributed by atoms with E-state index in [0.717, 1.165) is 43.3 Å². The standard InChI is InChI=1S/C16H29ClN4/c1-6-16(7-2)11-21(12(3)8-9-18-16)10-14-13(4)19-20(5)15(14)17/h12,18H,6-11H2,1-5H3. The zero-order valence-corrected chi connectivity index (χ0v) is 14.8. The highest BCUT2D eigenvalue weighted by Crippen LogP contribution is 2.27. The van der Waals surface area contributed by atoms with Gasteiger partial charge in [0.05, 0.1) is 5.69 Å². The molecule has 120 valence electrons. The predicted octanol–water partition coefficient (Wildman–Crippen LogP) is 3.12. The summed E-state index contributed by atoms with van der Waals surface area (Å²) >= 11 is 6.42. The summed E-state index contributed by atoms with van der Waals surface area (Å²) in [5.74, 6) is 0. The number of aryl methyl sites for hydroxylation is 2. The first-order valence-electron chi connectivity index (χ1n) is 8.09. The number of aromatic nitrogens is 2. The van der Waals surface area contributed by atoms with Gasteiger partial charge in [-0.1, -0.05) is 25.4 Å². The number of nitrogens with zero attached hydrogens (tertiary/aromatic N) is 3. The quantitative estimate of drug-likeness (QED) is 0.927. The number of hydrogen-bond donors (Lipinski definition) is 1. The lowest BCUT2D eigenvalue weighted by Crippen LogP contribution is -2.51. The smallest absolute Gasteiger partial charge is 0.131 e. The summed E-state index contributed by atoms with van der Waals surface area (Å²) in [6.07, 6.45) is 3.50. The van der Waals surface area contributed by atoms with Crippen LogP contribution in [0.1, 0.15) is 51.3 Å². The van der Waals surface area contributed by atoms with Gasteiger partial charge < -0.3 is 5.32 Å². The first-order valence-corrected chi connectivity index (χ1v) is 8.47. The molecule has 1 saturated heterocycles. The van der Waals surface area contributed by atoms with Gasteiger partial charge in [0.1, 0.15) is 5.15 Å². The summed E-state index contributed by atoms with van der Waals surface area (Å²) in [5.41, 5.74) is 2.45. The monoisotopic (exact) mass is 312 g/mol. The Labute approximate surface area is 133 Å². The van der Waals surface area contributed by atoms with Crippen molar-refractivity contribution in [2.45, 2.75) is 65.1 Å². The number of hydrogen-bond acceptors (Lipinski definition) is 3. The Morgan fingerprint density at radius 2 is 2.05 bits per heavy atom. The second-order valence-corrected chi connectivity index (χ2v) is 6.79. The Hall–Kier alpha value is -0.580. The van der Waals surface area contributed by atoms with Crippen molar-refractivity contribution in [3.63, 3.8) is 0 Å². The van der Waals surface area contributed by atoms with Crippen LogP contribution < -0.4 is 5.32 Å². The topological polar surface area (TPSA) is 33.1 Å². The lowest BCUT2D eigenvalue weighted by atomic mass is 9.92. The Morgan fingerprint density at radius 1 is 1.38 bits per heavy atom. The van der Waals surface area contributed by atoms with E-state index >= 15 is 0 Å². The summed E-state index contributed by atoms with van der Waals surface area (Å²) in [7, 11) is 1.91. The van der Waals surface area contributed by atoms with Gasteiger partial charge in [-0.3, -0.25) is 9.58 Å². The van der Waals surface area contributed by atoms with Crippen LogP contribution in [0.3, 0.4) is 0 Å². The fraction of sp³-hybridized carbons (Fsp3) is 0.812. The maximum absolute atomic E-state index is 6.42. The summed E-state index contributed by atoms with van der Waals surface area (Å²) in [6, 6.07) is 0.563. The number of halogens is 1. The highest BCUT2D eigenvalue weighted by atomic mass is 35.5. The molecule has 2 heterocycles. The SMILES string of the molecule is CCC1(CC)CN(Cc2c(C)nn(C)c2Cl)C(C)CCN1. The van der Waals surface area contributed by atoms with E-state index in [9.17, 15) is 0 Å². The molecule has 1 unspecified atom stereocenters. The van der Waals surface area contributed by atoms with Crippen LogP contribution in [-0.2, 0) is 13.6 Å². The van der Waals surface area contributed by atoms with Gasteiger partial charge in [-0.2, -0.15) is 5.10 Å². The second kappa shape index (κ2) is 6.67. The maximum atomic E-state index is 6.42. The van der Waals surface area contributed by atoms with Gasteiger partial charge in [0.2, 0.25) is 0 Å². The molecule has 0 radical (unpaired) electrons. The van der Waals surface area contributed by atoms with E-state index < -0.39 is 0 Å². The highest BCUT2D eigenvalue weighted by molar-refractivity contribution is 6.30. The van der Waals surface area contributed by atoms with Crippen LogP contribution in [0.2, 0.25) is 5.15 Å². The van der Waals surface area contributed by atoms with Crippen molar-refractivity contribution in [3.05, 3.63) is 16.4 Å². The molecule has 2 rings (SSSR count). The molecule has 0 amide bonds. The molecule has 1 atom stereocenters. The third-order valence-corrected chi connectivity index (χ3v) is 5.65. The Bertz CT molecular complexity index is 479. The van der Waals surface area contributed by atoms with E-state index in [1.165, 1.54) is 12.0 Å². The number of rotatable bonds is 4. The molecule has 0 bridgehead atoms. The van der Waals surface area contributed by atoms with Gasteiger partial charge in [-0.25, -0.2) is 0 Å². The van der Waals surface area contributed by atoms with E-state index in [1.807, 2.05) is 7.05 Å². The fourth-order valence-corrected chi connectivity index (χ4v) is 3.56. The number of nitrogens with one attached hydrogen (secondary N) is 1. The van der Waals surface area contributed by atoms with Gasteiger partial charge in [0, 0.05) is 37.3 Å². The van der Waals surface area contributed by atoms with Gasteiger partial charge in [0.25, 0.3) is 0 Å². The van der Waals surface area contributed by atoms with Crippen LogP contribution >= 0.6 is 11.6 Å². The minimum absolute atomic E-state index is 0.230. The van der Waals surface area contributed by atoms with Crippen molar-refractivity contribution in [1.82, 2.24) is 20.0 Å². The Morgan fingerprint density at radius 3 is 2.57 bits per heavy atom. The van der Waals surface area contributed by atoms with Crippen LogP contribution in [0.15, 0.2) is 0 Å². The summed E-state index contributed by atoms with van der Waals surface area (Å²) in [5, 5.41) is 9.00. The molecule has 1 N–H and O–H groups in total. The van der Waals surface area contributed by atoms with Crippen molar-refractivity contribution >= 4 is 11.6 Å². The molecule has 4 nitrogen and oxygen atoms in total. The van der Waals surface area contributed by atoms with Crippen molar-refractivity contribution < 1.29 is 0 Å². The summed E-state index contributed by atoms with van der Waals surface area (Å²) in [6.45, 7) is 12.0. The molecule has 1 aromatic heterocycles. The molecule has 1 aliphatic heterocycles. The Balaban J connectivity index is 2.23. The van der Waals surface area contributed by atoms with Crippen molar-refractivity contribution in [2.24, 2.45) is 7.05 Å². The minimum atomic E-state index is 0.230. The third kappa shape index (κ3) is 3.43. The molecule has 0 aliphatic carbocycles. The van der Waals surface area contributed by atoms with E-state index in [0.29, 0.717) is 6.04 Å². The largest absolute Gasteiger partial charge is 0.310 e. The van der Waals surface area contributed by atoms with Crippen LogP contribution in [0.25, 0.3) is 0 Å². The average Bonchev–Trinajstić information content (AvgIpc) is 2.63. The molecule has 5 heteroatoms. The molecule has 0 saturated carbocycles. The molecule has 0 spiro atoms.